The fraction of sp³-hybridized carbons (Fsp3) is 0.333. The van der Waals surface area contributed by atoms with Crippen molar-refractivity contribution in [3.63, 3.8) is 0 Å². The Bertz CT molecular complexity index is 1050. The molecule has 1 aliphatic heterocycles. The van der Waals surface area contributed by atoms with Crippen LogP contribution in [0.3, 0.4) is 0 Å². The summed E-state index contributed by atoms with van der Waals surface area (Å²) in [5.74, 6) is -2.47. The van der Waals surface area contributed by atoms with E-state index in [0.717, 1.165) is 34.5 Å². The van der Waals surface area contributed by atoms with Crippen LogP contribution < -0.4 is 5.32 Å². The van der Waals surface area contributed by atoms with Crippen LogP contribution in [0.1, 0.15) is 22.8 Å². The predicted molar refractivity (Wildman–Crippen MR) is 111 cm³/mol. The predicted octanol–water partition coefficient (Wildman–Crippen LogP) is 2.20. The first-order valence-electron chi connectivity index (χ1n) is 9.74. The van der Waals surface area contributed by atoms with Crippen LogP contribution >= 0.6 is 0 Å². The lowest BCUT2D eigenvalue weighted by atomic mass is 10.1. The zero-order valence-corrected chi connectivity index (χ0v) is 17.8. The third-order valence-electron chi connectivity index (χ3n) is 4.74. The van der Waals surface area contributed by atoms with Crippen molar-refractivity contribution in [3.8, 4) is 0 Å². The minimum Gasteiger partial charge on any atom is -0.452 e. The lowest BCUT2D eigenvalue weighted by Crippen LogP contribution is -2.41. The van der Waals surface area contributed by atoms with Gasteiger partial charge in [0, 0.05) is 18.8 Å². The number of ether oxygens (including phenoxy) is 2. The van der Waals surface area contributed by atoms with Crippen molar-refractivity contribution in [2.75, 3.05) is 38.2 Å². The lowest BCUT2D eigenvalue weighted by molar-refractivity contribution is -0.119. The fourth-order valence-corrected chi connectivity index (χ4v) is 4.49. The molecule has 0 radical (unpaired) electrons. The van der Waals surface area contributed by atoms with Crippen LogP contribution in [0.15, 0.2) is 47.4 Å². The Morgan fingerprint density at radius 3 is 2.45 bits per heavy atom. The quantitative estimate of drug-likeness (QED) is 0.649. The standard InChI is InChI=1S/C21H23FN2O6S/c1-2-15-3-6-17(7-4-15)23-20(25)14-30-21(26)16-5-8-18(22)19(13-16)31(27,28)24-9-11-29-12-10-24/h3-8,13H,2,9-12,14H2,1H3,(H,23,25). The van der Waals surface area contributed by atoms with Gasteiger partial charge >= 0.3 is 5.97 Å². The van der Waals surface area contributed by atoms with Gasteiger partial charge in [0.05, 0.1) is 18.8 Å². The first kappa shape index (κ1) is 22.9. The number of amides is 1. The second kappa shape index (κ2) is 9.99. The van der Waals surface area contributed by atoms with Gasteiger partial charge in [0.1, 0.15) is 10.7 Å². The molecule has 3 rings (SSSR count). The molecule has 1 amide bonds. The highest BCUT2D eigenvalue weighted by atomic mass is 32.2. The van der Waals surface area contributed by atoms with Crippen LogP contribution in [0.4, 0.5) is 10.1 Å². The lowest BCUT2D eigenvalue weighted by Gasteiger charge is -2.26. The summed E-state index contributed by atoms with van der Waals surface area (Å²) < 4.78 is 50.8. The van der Waals surface area contributed by atoms with Gasteiger partial charge in [-0.1, -0.05) is 19.1 Å². The summed E-state index contributed by atoms with van der Waals surface area (Å²) in [6.45, 7) is 2.04. The summed E-state index contributed by atoms with van der Waals surface area (Å²) in [4.78, 5) is 23.7. The highest BCUT2D eigenvalue weighted by Crippen LogP contribution is 2.22. The van der Waals surface area contributed by atoms with Crippen molar-refractivity contribution >= 4 is 27.6 Å². The molecule has 10 heteroatoms. The van der Waals surface area contributed by atoms with Crippen LogP contribution in [0.5, 0.6) is 0 Å². The molecule has 0 atom stereocenters. The molecule has 0 saturated carbocycles. The number of carbonyl (C=O) groups excluding carboxylic acids is 2. The zero-order valence-electron chi connectivity index (χ0n) is 17.0. The Labute approximate surface area is 180 Å². The van der Waals surface area contributed by atoms with Gasteiger partial charge in [0.15, 0.2) is 6.61 Å². The van der Waals surface area contributed by atoms with Crippen molar-refractivity contribution in [3.05, 3.63) is 59.4 Å². The van der Waals surface area contributed by atoms with Gasteiger partial charge in [0.25, 0.3) is 5.91 Å². The molecule has 1 N–H and O–H groups in total. The van der Waals surface area contributed by atoms with E-state index in [2.05, 4.69) is 5.32 Å². The average Bonchev–Trinajstić information content (AvgIpc) is 2.78. The topological polar surface area (TPSA) is 102 Å². The number of morpholine rings is 1. The van der Waals surface area contributed by atoms with Gasteiger partial charge in [-0.15, -0.1) is 0 Å². The first-order chi connectivity index (χ1) is 14.8. The van der Waals surface area contributed by atoms with Crippen LogP contribution in [-0.4, -0.2) is 57.5 Å². The molecule has 1 fully saturated rings. The number of nitrogens with one attached hydrogen (secondary N) is 1. The van der Waals surface area contributed by atoms with Crippen molar-refractivity contribution < 1.29 is 31.9 Å². The van der Waals surface area contributed by atoms with Crippen LogP contribution in [0.2, 0.25) is 0 Å². The van der Waals surface area contributed by atoms with E-state index in [1.165, 1.54) is 0 Å². The molecule has 8 nitrogen and oxygen atoms in total. The van der Waals surface area contributed by atoms with Crippen molar-refractivity contribution in [1.82, 2.24) is 4.31 Å². The Hall–Kier alpha value is -2.82. The summed E-state index contributed by atoms with van der Waals surface area (Å²) >= 11 is 0. The summed E-state index contributed by atoms with van der Waals surface area (Å²) in [5, 5.41) is 2.60. The first-order valence-corrected chi connectivity index (χ1v) is 11.2. The third kappa shape index (κ3) is 5.66. The molecule has 0 unspecified atom stereocenters. The molecule has 1 aliphatic rings. The van der Waals surface area contributed by atoms with E-state index in [9.17, 15) is 22.4 Å². The largest absolute Gasteiger partial charge is 0.452 e. The molecule has 166 valence electrons. The number of carbonyl (C=O) groups is 2. The number of benzene rings is 2. The molecule has 2 aromatic rings. The van der Waals surface area contributed by atoms with E-state index in [1.807, 2.05) is 19.1 Å². The number of anilines is 1. The molecular formula is C21H23FN2O6S. The number of halogens is 1. The second-order valence-corrected chi connectivity index (χ2v) is 8.74. The fourth-order valence-electron chi connectivity index (χ4n) is 2.99. The van der Waals surface area contributed by atoms with Gasteiger partial charge in [-0.25, -0.2) is 17.6 Å². The summed E-state index contributed by atoms with van der Waals surface area (Å²) in [6, 6.07) is 10.1. The van der Waals surface area contributed by atoms with Gasteiger partial charge in [-0.2, -0.15) is 4.31 Å². The Kier molecular flexibility index (Phi) is 7.37. The van der Waals surface area contributed by atoms with Gasteiger partial charge in [-0.3, -0.25) is 4.79 Å². The van der Waals surface area contributed by atoms with Crippen LogP contribution in [0, 0.1) is 5.82 Å². The SMILES string of the molecule is CCc1ccc(NC(=O)COC(=O)c2ccc(F)c(S(=O)(=O)N3CCOCC3)c2)cc1. The third-order valence-corrected chi connectivity index (χ3v) is 6.65. The molecule has 1 heterocycles. The highest BCUT2D eigenvalue weighted by Gasteiger charge is 2.30. The minimum absolute atomic E-state index is 0.0931. The number of nitrogens with zero attached hydrogens (tertiary/aromatic N) is 1. The van der Waals surface area contributed by atoms with Gasteiger partial charge in [-0.05, 0) is 42.3 Å². The molecule has 1 saturated heterocycles. The van der Waals surface area contributed by atoms with Crippen molar-refractivity contribution in [1.29, 1.82) is 0 Å². The average molecular weight is 450 g/mol. The Balaban J connectivity index is 1.65. The summed E-state index contributed by atoms with van der Waals surface area (Å²) in [6.07, 6.45) is 0.868. The number of rotatable bonds is 7. The highest BCUT2D eigenvalue weighted by molar-refractivity contribution is 7.89. The van der Waals surface area contributed by atoms with E-state index >= 15 is 0 Å². The van der Waals surface area contributed by atoms with E-state index in [0.29, 0.717) is 5.69 Å². The molecule has 0 bridgehead atoms. The Morgan fingerprint density at radius 1 is 1.13 bits per heavy atom. The van der Waals surface area contributed by atoms with Gasteiger partial charge in [0.2, 0.25) is 10.0 Å². The second-order valence-electron chi connectivity index (χ2n) is 6.84. The number of hydrogen-bond acceptors (Lipinski definition) is 6. The number of aryl methyl sites for hydroxylation is 1. The maximum atomic E-state index is 14.2. The Morgan fingerprint density at radius 2 is 1.81 bits per heavy atom. The number of esters is 1. The van der Waals surface area contributed by atoms with E-state index in [1.54, 1.807) is 12.1 Å². The van der Waals surface area contributed by atoms with Crippen LogP contribution in [-0.2, 0) is 30.7 Å². The van der Waals surface area contributed by atoms with E-state index < -0.39 is 39.2 Å². The molecule has 0 spiro atoms. The molecular weight excluding hydrogens is 427 g/mol. The maximum Gasteiger partial charge on any atom is 0.338 e. The van der Waals surface area contributed by atoms with E-state index in [4.69, 9.17) is 9.47 Å². The molecule has 0 aliphatic carbocycles. The smallest absolute Gasteiger partial charge is 0.338 e. The van der Waals surface area contributed by atoms with Crippen LogP contribution in [0.25, 0.3) is 0 Å². The number of sulfonamides is 1. The van der Waals surface area contributed by atoms with Crippen molar-refractivity contribution in [2.45, 2.75) is 18.2 Å². The molecule has 31 heavy (non-hydrogen) atoms. The van der Waals surface area contributed by atoms with Crippen molar-refractivity contribution in [2.24, 2.45) is 0 Å². The zero-order chi connectivity index (χ0) is 22.4. The minimum atomic E-state index is -4.14. The monoisotopic (exact) mass is 450 g/mol. The molecule has 2 aromatic carbocycles. The summed E-state index contributed by atoms with van der Waals surface area (Å²) in [7, 11) is -4.14. The van der Waals surface area contributed by atoms with Gasteiger partial charge < -0.3 is 14.8 Å². The summed E-state index contributed by atoms with van der Waals surface area (Å²) in [5.41, 5.74) is 1.50. The molecule has 0 aromatic heterocycles. The maximum absolute atomic E-state index is 14.2. The normalized spacial score (nSPS) is 14.8. The van der Waals surface area contributed by atoms with E-state index in [-0.39, 0.29) is 31.9 Å². The number of hydrogen-bond donors (Lipinski definition) is 1.